The Morgan fingerprint density at radius 1 is 1.23 bits per heavy atom. The molecule has 6 heteroatoms. The maximum atomic E-state index is 12.4. The summed E-state index contributed by atoms with van der Waals surface area (Å²) in [6.07, 6.45) is 1.07. The molecule has 2 saturated heterocycles. The Labute approximate surface area is 130 Å². The van der Waals surface area contributed by atoms with Crippen molar-refractivity contribution >= 4 is 17.5 Å². The lowest BCUT2D eigenvalue weighted by atomic mass is 10.1. The van der Waals surface area contributed by atoms with E-state index in [9.17, 15) is 9.59 Å². The highest BCUT2D eigenvalue weighted by atomic mass is 16.5. The van der Waals surface area contributed by atoms with Gasteiger partial charge in [0.1, 0.15) is 11.8 Å². The maximum Gasteiger partial charge on any atom is 0.245 e. The van der Waals surface area contributed by atoms with Crippen LogP contribution in [0.5, 0.6) is 5.75 Å². The van der Waals surface area contributed by atoms with Crippen LogP contribution in [0.3, 0.4) is 0 Å². The van der Waals surface area contributed by atoms with Crippen molar-refractivity contribution in [2.75, 3.05) is 38.2 Å². The van der Waals surface area contributed by atoms with Crippen LogP contribution < -0.4 is 15.0 Å². The highest BCUT2D eigenvalue weighted by Crippen LogP contribution is 2.28. The fraction of sp³-hybridized carbons (Fsp3) is 0.500. The minimum Gasteiger partial charge on any atom is -0.495 e. The molecule has 1 N–H and O–H groups in total. The van der Waals surface area contributed by atoms with Crippen molar-refractivity contribution in [1.82, 2.24) is 10.2 Å². The first-order chi connectivity index (χ1) is 10.7. The first-order valence-electron chi connectivity index (χ1n) is 7.65. The third-order valence-corrected chi connectivity index (χ3v) is 4.31. The van der Waals surface area contributed by atoms with Gasteiger partial charge in [0.25, 0.3) is 0 Å². The van der Waals surface area contributed by atoms with E-state index in [1.165, 1.54) is 0 Å². The lowest BCUT2D eigenvalue weighted by Crippen LogP contribution is -2.53. The molecular weight excluding hydrogens is 282 g/mol. The summed E-state index contributed by atoms with van der Waals surface area (Å²) in [5.74, 6) is 0.877. The number of amides is 2. The molecule has 2 heterocycles. The van der Waals surface area contributed by atoms with Crippen LogP contribution >= 0.6 is 0 Å². The van der Waals surface area contributed by atoms with E-state index in [4.69, 9.17) is 4.74 Å². The molecule has 0 aromatic heterocycles. The first kappa shape index (κ1) is 14.7. The smallest absolute Gasteiger partial charge is 0.245 e. The van der Waals surface area contributed by atoms with Crippen LogP contribution in [0.25, 0.3) is 0 Å². The number of benzene rings is 1. The molecule has 0 bridgehead atoms. The predicted molar refractivity (Wildman–Crippen MR) is 83.0 cm³/mol. The van der Waals surface area contributed by atoms with E-state index < -0.39 is 0 Å². The molecule has 3 rings (SSSR count). The van der Waals surface area contributed by atoms with Crippen LogP contribution in [0.1, 0.15) is 12.8 Å². The number of hydrogen-bond acceptors (Lipinski definition) is 4. The van der Waals surface area contributed by atoms with Gasteiger partial charge in [0.15, 0.2) is 0 Å². The lowest BCUT2D eigenvalue weighted by Gasteiger charge is -2.37. The van der Waals surface area contributed by atoms with E-state index in [1.807, 2.05) is 29.2 Å². The highest BCUT2D eigenvalue weighted by molar-refractivity contribution is 5.91. The van der Waals surface area contributed by atoms with Crippen LogP contribution in [-0.4, -0.2) is 56.0 Å². The Kier molecular flexibility index (Phi) is 4.18. The number of carbonyl (C=O) groups is 2. The summed E-state index contributed by atoms with van der Waals surface area (Å²) in [6.45, 7) is 2.88. The van der Waals surface area contributed by atoms with Crippen molar-refractivity contribution in [3.63, 3.8) is 0 Å². The van der Waals surface area contributed by atoms with Crippen molar-refractivity contribution in [3.05, 3.63) is 24.3 Å². The van der Waals surface area contributed by atoms with Gasteiger partial charge >= 0.3 is 0 Å². The Balaban J connectivity index is 1.60. The second-order valence-corrected chi connectivity index (χ2v) is 5.64. The summed E-state index contributed by atoms with van der Waals surface area (Å²) in [7, 11) is 1.67. The van der Waals surface area contributed by atoms with Crippen LogP contribution in [-0.2, 0) is 9.59 Å². The molecule has 0 radical (unpaired) electrons. The topological polar surface area (TPSA) is 61.9 Å². The van der Waals surface area contributed by atoms with Gasteiger partial charge in [0, 0.05) is 32.6 Å². The summed E-state index contributed by atoms with van der Waals surface area (Å²) in [6, 6.07) is 7.59. The number of methoxy groups -OCH3 is 1. The molecule has 0 unspecified atom stereocenters. The number of nitrogens with one attached hydrogen (secondary N) is 1. The molecule has 1 aromatic rings. The zero-order chi connectivity index (χ0) is 15.5. The zero-order valence-corrected chi connectivity index (χ0v) is 12.7. The zero-order valence-electron chi connectivity index (χ0n) is 12.7. The predicted octanol–water partition coefficient (Wildman–Crippen LogP) is 0.622. The summed E-state index contributed by atoms with van der Waals surface area (Å²) in [5.41, 5.74) is 1.06. The standard InChI is InChI=1S/C16H21N3O3/c1-22-14-5-3-2-4-13(14)18-8-10-19(11-9-18)16(21)12-6-7-15(20)17-12/h2-5,12H,6-11H2,1H3,(H,17,20)/t12-/m1/s1. The number of anilines is 1. The molecule has 2 fully saturated rings. The minimum absolute atomic E-state index is 0.0222. The van der Waals surface area contributed by atoms with E-state index in [0.717, 1.165) is 24.5 Å². The van der Waals surface area contributed by atoms with Crippen LogP contribution in [0.15, 0.2) is 24.3 Å². The molecule has 22 heavy (non-hydrogen) atoms. The van der Waals surface area contributed by atoms with E-state index in [-0.39, 0.29) is 17.9 Å². The summed E-state index contributed by atoms with van der Waals surface area (Å²) in [5, 5.41) is 2.75. The number of para-hydroxylation sites is 2. The molecule has 0 saturated carbocycles. The number of rotatable bonds is 3. The third-order valence-electron chi connectivity index (χ3n) is 4.31. The van der Waals surface area contributed by atoms with Gasteiger partial charge in [-0.3, -0.25) is 9.59 Å². The molecule has 0 spiro atoms. The van der Waals surface area contributed by atoms with Crippen LogP contribution in [0.2, 0.25) is 0 Å². The quantitative estimate of drug-likeness (QED) is 0.889. The van der Waals surface area contributed by atoms with E-state index in [2.05, 4.69) is 10.2 Å². The number of hydrogen-bond donors (Lipinski definition) is 1. The van der Waals surface area contributed by atoms with Crippen molar-refractivity contribution in [1.29, 1.82) is 0 Å². The summed E-state index contributed by atoms with van der Waals surface area (Å²) < 4.78 is 5.40. The van der Waals surface area contributed by atoms with Gasteiger partial charge in [0.05, 0.1) is 12.8 Å². The molecule has 0 aliphatic carbocycles. The highest BCUT2D eigenvalue weighted by Gasteiger charge is 2.32. The van der Waals surface area contributed by atoms with Gasteiger partial charge in [0.2, 0.25) is 11.8 Å². The first-order valence-corrected chi connectivity index (χ1v) is 7.65. The van der Waals surface area contributed by atoms with E-state index in [0.29, 0.717) is 25.9 Å². The normalized spacial score (nSPS) is 21.7. The minimum atomic E-state index is -0.328. The molecular formula is C16H21N3O3. The lowest BCUT2D eigenvalue weighted by molar-refractivity contribution is -0.134. The number of carbonyl (C=O) groups excluding carboxylic acids is 2. The number of piperazine rings is 1. The third kappa shape index (κ3) is 2.86. The second kappa shape index (κ2) is 6.25. The van der Waals surface area contributed by atoms with Crippen LogP contribution in [0.4, 0.5) is 5.69 Å². The van der Waals surface area contributed by atoms with Crippen molar-refractivity contribution in [2.24, 2.45) is 0 Å². The number of ether oxygens (including phenoxy) is 1. The van der Waals surface area contributed by atoms with Crippen LogP contribution in [0, 0.1) is 0 Å². The Morgan fingerprint density at radius 3 is 2.59 bits per heavy atom. The van der Waals surface area contributed by atoms with Gasteiger partial charge in [-0.1, -0.05) is 12.1 Å². The average Bonchev–Trinajstić information content (AvgIpc) is 3.01. The summed E-state index contributed by atoms with van der Waals surface area (Å²) >= 11 is 0. The van der Waals surface area contributed by atoms with Gasteiger partial charge in [-0.05, 0) is 18.6 Å². The van der Waals surface area contributed by atoms with E-state index >= 15 is 0 Å². The number of nitrogens with zero attached hydrogens (tertiary/aromatic N) is 2. The molecule has 1 atom stereocenters. The largest absolute Gasteiger partial charge is 0.495 e. The van der Waals surface area contributed by atoms with Crippen molar-refractivity contribution in [2.45, 2.75) is 18.9 Å². The molecule has 6 nitrogen and oxygen atoms in total. The van der Waals surface area contributed by atoms with Gasteiger partial charge < -0.3 is 19.9 Å². The SMILES string of the molecule is COc1ccccc1N1CCN(C(=O)[C@H]2CCC(=O)N2)CC1. The van der Waals surface area contributed by atoms with Gasteiger partial charge in [-0.15, -0.1) is 0 Å². The molecule has 2 aliphatic rings. The Bertz CT molecular complexity index is 568. The maximum absolute atomic E-state index is 12.4. The molecule has 118 valence electrons. The molecule has 2 aliphatic heterocycles. The van der Waals surface area contributed by atoms with Gasteiger partial charge in [-0.25, -0.2) is 0 Å². The monoisotopic (exact) mass is 303 g/mol. The average molecular weight is 303 g/mol. The van der Waals surface area contributed by atoms with Crippen molar-refractivity contribution < 1.29 is 14.3 Å². The molecule has 2 amide bonds. The van der Waals surface area contributed by atoms with Crippen molar-refractivity contribution in [3.8, 4) is 5.75 Å². The van der Waals surface area contributed by atoms with E-state index in [1.54, 1.807) is 7.11 Å². The summed E-state index contributed by atoms with van der Waals surface area (Å²) in [4.78, 5) is 27.7. The fourth-order valence-electron chi connectivity index (χ4n) is 3.08. The Morgan fingerprint density at radius 2 is 1.95 bits per heavy atom. The fourth-order valence-corrected chi connectivity index (χ4v) is 3.08. The molecule has 1 aromatic carbocycles. The second-order valence-electron chi connectivity index (χ2n) is 5.64. The Hall–Kier alpha value is -2.24. The van der Waals surface area contributed by atoms with Gasteiger partial charge in [-0.2, -0.15) is 0 Å².